The number of nitrogens with zero attached hydrogens (tertiary/aromatic N) is 2. The largest absolute Gasteiger partial charge is 0.490 e. The minimum atomic E-state index is -5.08. The molecule has 0 spiro atoms. The van der Waals surface area contributed by atoms with E-state index in [9.17, 15) is 31.4 Å². The number of aromatic nitrogens is 2. The number of aliphatic hydroxyl groups is 1. The number of fused-ring (bicyclic) bond motifs is 8. The summed E-state index contributed by atoms with van der Waals surface area (Å²) in [5.74, 6) is -5.51. The summed E-state index contributed by atoms with van der Waals surface area (Å²) in [7, 11) is 0. The zero-order valence-electron chi connectivity index (χ0n) is 40.4. The van der Waals surface area contributed by atoms with Gasteiger partial charge in [0.05, 0.1) is 11.4 Å². The first kappa shape index (κ1) is 52.2. The van der Waals surface area contributed by atoms with E-state index in [4.69, 9.17) is 29.8 Å². The normalized spacial score (nSPS) is 13.2. The van der Waals surface area contributed by atoms with E-state index >= 15 is 0 Å². The highest BCUT2D eigenvalue weighted by Crippen LogP contribution is 2.44. The van der Waals surface area contributed by atoms with Gasteiger partial charge in [0.25, 0.3) is 0 Å². The average molecular weight is 1000 g/mol. The number of aliphatic imine (C=N–C) groups is 1. The number of nitrogens with one attached hydrogen (secondary N) is 1. The van der Waals surface area contributed by atoms with E-state index in [0.717, 1.165) is 98.6 Å². The van der Waals surface area contributed by atoms with E-state index < -0.39 is 30.5 Å². The van der Waals surface area contributed by atoms with Crippen molar-refractivity contribution in [1.82, 2.24) is 9.97 Å². The Balaban J connectivity index is 0.000000478. The summed E-state index contributed by atoms with van der Waals surface area (Å²) in [6.07, 6.45) is -5.08. The van der Waals surface area contributed by atoms with Gasteiger partial charge in [0.2, 0.25) is 0 Å². The smallest absolute Gasteiger partial charge is 0.475 e. The number of aliphatic carboxylic acids is 2. The third kappa shape index (κ3) is 11.3. The van der Waals surface area contributed by atoms with Crippen molar-refractivity contribution in [2.24, 2.45) is 4.99 Å². The van der Waals surface area contributed by atoms with Gasteiger partial charge >= 0.3 is 24.3 Å². The maximum Gasteiger partial charge on any atom is 0.490 e. The Morgan fingerprint density at radius 3 is 1.35 bits per heavy atom. The molecule has 0 saturated heterocycles. The summed E-state index contributed by atoms with van der Waals surface area (Å²) >= 11 is 1.79. The summed E-state index contributed by atoms with van der Waals surface area (Å²) in [6, 6.07) is 37.5. The SMILES string of the molecule is Cc1ccc(-c2c3nc(c(-c4c(C)cc(C)cc4C)c4cc(c(-c5c(C)cc(C)cc5C)c5ccc([nH]5)c(-c5ccc(C)cc5)c5ccc2s5)C(O)N=C4)C=C3)cc1.O=C(O)C(F)(F)F.O=C(O)C(F)(F)F. The quantitative estimate of drug-likeness (QED) is 0.130. The van der Waals surface area contributed by atoms with Crippen LogP contribution in [0.3, 0.4) is 0 Å². The summed E-state index contributed by atoms with van der Waals surface area (Å²) in [5.41, 5.74) is 23.4. The number of alkyl halides is 6. The number of carboxylic acids is 2. The van der Waals surface area contributed by atoms with Crippen LogP contribution < -0.4 is 0 Å². The van der Waals surface area contributed by atoms with Gasteiger partial charge < -0.3 is 20.3 Å². The molecule has 0 amide bonds. The highest BCUT2D eigenvalue weighted by molar-refractivity contribution is 7.24. The lowest BCUT2D eigenvalue weighted by atomic mass is 9.87. The van der Waals surface area contributed by atoms with E-state index in [-0.39, 0.29) is 0 Å². The summed E-state index contributed by atoms with van der Waals surface area (Å²) < 4.78 is 65.8. The molecule has 0 radical (unpaired) electrons. The van der Waals surface area contributed by atoms with Crippen LogP contribution in [-0.4, -0.2) is 55.8 Å². The van der Waals surface area contributed by atoms with Crippen LogP contribution in [0.25, 0.3) is 77.1 Å². The van der Waals surface area contributed by atoms with Crippen molar-refractivity contribution in [3.63, 3.8) is 0 Å². The number of thiophene rings is 1. The second-order valence-corrected chi connectivity index (χ2v) is 18.8. The van der Waals surface area contributed by atoms with Crippen LogP contribution in [0, 0.1) is 55.4 Å². The number of carbonyl (C=O) groups is 2. The highest BCUT2D eigenvalue weighted by Gasteiger charge is 2.39. The van der Waals surface area contributed by atoms with Gasteiger partial charge in [-0.25, -0.2) is 14.6 Å². The van der Waals surface area contributed by atoms with Gasteiger partial charge in [0, 0.05) is 60.0 Å². The fourth-order valence-electron chi connectivity index (χ4n) is 9.07. The number of aliphatic hydroxyl groups excluding tert-OH is 1. The zero-order chi connectivity index (χ0) is 52.6. The lowest BCUT2D eigenvalue weighted by molar-refractivity contribution is -0.193. The Morgan fingerprint density at radius 1 is 0.514 bits per heavy atom. The molecule has 8 nitrogen and oxygen atoms in total. The van der Waals surface area contributed by atoms with Crippen LogP contribution in [0.2, 0.25) is 0 Å². The lowest BCUT2D eigenvalue weighted by Gasteiger charge is -2.21. The van der Waals surface area contributed by atoms with Crippen LogP contribution in [0.5, 0.6) is 0 Å². The topological polar surface area (TPSA) is 136 Å². The van der Waals surface area contributed by atoms with Crippen molar-refractivity contribution in [1.29, 1.82) is 0 Å². The fraction of sp³-hybridized carbons (Fsp3) is 0.193. The van der Waals surface area contributed by atoms with Crippen molar-refractivity contribution in [2.45, 2.75) is 74.0 Å². The van der Waals surface area contributed by atoms with E-state index in [1.165, 1.54) is 33.4 Å². The fourth-order valence-corrected chi connectivity index (χ4v) is 10.2. The van der Waals surface area contributed by atoms with Gasteiger partial charge in [-0.2, -0.15) is 26.3 Å². The van der Waals surface area contributed by atoms with Gasteiger partial charge in [-0.3, -0.25) is 4.99 Å². The molecular formula is C57H49F6N3O5S. The number of carboxylic acid groups (broad SMARTS) is 2. The van der Waals surface area contributed by atoms with E-state index in [1.807, 2.05) is 6.21 Å². The number of aromatic amines is 1. The van der Waals surface area contributed by atoms with Crippen LogP contribution in [-0.2, 0) is 9.59 Å². The van der Waals surface area contributed by atoms with Crippen molar-refractivity contribution in [3.05, 3.63) is 170 Å². The first-order valence-corrected chi connectivity index (χ1v) is 23.3. The maximum atomic E-state index is 12.0. The molecule has 0 saturated carbocycles. The van der Waals surface area contributed by atoms with Crippen molar-refractivity contribution >= 4 is 62.1 Å². The molecule has 2 aliphatic rings. The first-order valence-electron chi connectivity index (χ1n) is 22.5. The van der Waals surface area contributed by atoms with Crippen molar-refractivity contribution in [3.8, 4) is 44.5 Å². The predicted octanol–water partition coefficient (Wildman–Crippen LogP) is 15.3. The van der Waals surface area contributed by atoms with Crippen LogP contribution in [0.4, 0.5) is 26.3 Å². The summed E-state index contributed by atoms with van der Waals surface area (Å²) in [6.45, 7) is 17.2. The molecule has 370 valence electrons. The molecule has 1 atom stereocenters. The number of hydrogen-bond acceptors (Lipinski definition) is 6. The molecule has 1 unspecified atom stereocenters. The van der Waals surface area contributed by atoms with Crippen molar-refractivity contribution < 1.29 is 51.3 Å². The molecule has 8 bridgehead atoms. The third-order valence-electron chi connectivity index (χ3n) is 12.0. The Kier molecular flexibility index (Phi) is 14.9. The molecule has 3 aromatic heterocycles. The zero-order valence-corrected chi connectivity index (χ0v) is 41.2. The molecule has 4 aromatic carbocycles. The minimum absolute atomic E-state index is 0.738. The molecule has 0 fully saturated rings. The minimum Gasteiger partial charge on any atom is -0.475 e. The lowest BCUT2D eigenvalue weighted by Crippen LogP contribution is -2.21. The van der Waals surface area contributed by atoms with Crippen LogP contribution >= 0.6 is 11.3 Å². The number of rotatable bonds is 4. The van der Waals surface area contributed by atoms with Crippen LogP contribution in [0.1, 0.15) is 73.3 Å². The number of aryl methyl sites for hydroxylation is 8. The molecule has 5 heterocycles. The van der Waals surface area contributed by atoms with Gasteiger partial charge in [0.1, 0.15) is 0 Å². The second-order valence-electron chi connectivity index (χ2n) is 17.8. The molecule has 15 heteroatoms. The Morgan fingerprint density at radius 2 is 0.903 bits per heavy atom. The third-order valence-corrected chi connectivity index (χ3v) is 13.1. The number of halogens is 6. The Hall–Kier alpha value is -7.62. The van der Waals surface area contributed by atoms with E-state index in [0.29, 0.717) is 0 Å². The van der Waals surface area contributed by atoms with Crippen molar-refractivity contribution in [2.75, 3.05) is 0 Å². The molecule has 9 rings (SSSR count). The Bertz CT molecular complexity index is 3420. The molecular weight excluding hydrogens is 953 g/mol. The highest BCUT2D eigenvalue weighted by atomic mass is 32.1. The molecule has 2 aliphatic heterocycles. The molecule has 0 aliphatic carbocycles. The van der Waals surface area contributed by atoms with Crippen LogP contribution in [0.15, 0.2) is 108 Å². The molecule has 4 N–H and O–H groups in total. The first-order chi connectivity index (χ1) is 33.8. The number of hydrogen-bond donors (Lipinski definition) is 4. The maximum absolute atomic E-state index is 12.0. The second kappa shape index (κ2) is 20.6. The van der Waals surface area contributed by atoms with Gasteiger partial charge in [-0.05, 0) is 142 Å². The van der Waals surface area contributed by atoms with E-state index in [2.05, 4.69) is 176 Å². The van der Waals surface area contributed by atoms with Gasteiger partial charge in [-0.15, -0.1) is 11.3 Å². The molecule has 7 aromatic rings. The summed E-state index contributed by atoms with van der Waals surface area (Å²) in [5, 5.41) is 26.3. The average Bonchev–Trinajstić information content (AvgIpc) is 4.08. The number of H-pyrrole nitrogens is 1. The Labute approximate surface area is 415 Å². The van der Waals surface area contributed by atoms with Gasteiger partial charge in [-0.1, -0.05) is 95.1 Å². The van der Waals surface area contributed by atoms with E-state index in [1.54, 1.807) is 11.3 Å². The predicted molar refractivity (Wildman–Crippen MR) is 275 cm³/mol. The summed E-state index contributed by atoms with van der Waals surface area (Å²) in [4.78, 5) is 32.1. The van der Waals surface area contributed by atoms with Gasteiger partial charge in [0.15, 0.2) is 6.23 Å². The number of benzene rings is 4. The molecule has 72 heavy (non-hydrogen) atoms. The standard InChI is InChI=1S/C53H47N3OS.2C2HF3O2/c1-29-9-13-37(14-10-29)49-41-17-19-43(55-41)51(47-33(5)23-31(3)24-34(47)6)39-27-40(53(57)54-28-39)52(48-35(7)25-32(4)26-36(48)8)44-20-18-42(56-44)50(46-22-21-45(49)58-46)38-15-11-30(2)12-16-38;2*3-2(4,5)1(6)7/h9-28,53,56-57H,1-8H3;2*(H,6,7). The monoisotopic (exact) mass is 1000 g/mol.